The van der Waals surface area contributed by atoms with Gasteiger partial charge in [-0.2, -0.15) is 0 Å². The fourth-order valence-corrected chi connectivity index (χ4v) is 1.99. The number of hydrogen-bond donors (Lipinski definition) is 1. The molecule has 0 aliphatic carbocycles. The highest BCUT2D eigenvalue weighted by atomic mass is 16.5. The molecular weight excluding hydrogens is 248 g/mol. The van der Waals surface area contributed by atoms with Crippen LogP contribution in [0.2, 0.25) is 0 Å². The third kappa shape index (κ3) is 4.25. The fourth-order valence-electron chi connectivity index (χ4n) is 1.99. The molecule has 0 spiro atoms. The number of rotatable bonds is 7. The molecule has 1 unspecified atom stereocenters. The van der Waals surface area contributed by atoms with Gasteiger partial charge in [-0.15, -0.1) is 6.58 Å². The van der Waals surface area contributed by atoms with Crippen LogP contribution in [0.3, 0.4) is 0 Å². The minimum Gasteiger partial charge on any atom is -0.489 e. The molecule has 0 fully saturated rings. The molecule has 0 saturated carbocycles. The van der Waals surface area contributed by atoms with Crippen LogP contribution in [0.1, 0.15) is 30.1 Å². The molecule has 0 heterocycles. The van der Waals surface area contributed by atoms with Crippen molar-refractivity contribution in [1.29, 1.82) is 0 Å². The molecule has 0 aliphatic rings. The van der Waals surface area contributed by atoms with E-state index in [-0.39, 0.29) is 0 Å². The zero-order valence-corrected chi connectivity index (χ0v) is 11.5. The first-order valence-corrected chi connectivity index (χ1v) is 6.85. The predicted molar refractivity (Wildman–Crippen MR) is 81.6 cm³/mol. The third-order valence-electron chi connectivity index (χ3n) is 3.14. The maximum atomic E-state index is 10.1. The fraction of sp³-hybridized carbons (Fsp3) is 0.222. The zero-order chi connectivity index (χ0) is 14.2. The second-order valence-corrected chi connectivity index (χ2v) is 4.73. The Bertz CT molecular complexity index is 534. The largest absolute Gasteiger partial charge is 0.489 e. The van der Waals surface area contributed by atoms with Gasteiger partial charge >= 0.3 is 0 Å². The van der Waals surface area contributed by atoms with Crippen molar-refractivity contribution in [3.05, 3.63) is 78.4 Å². The van der Waals surface area contributed by atoms with Crippen molar-refractivity contribution in [2.45, 2.75) is 25.6 Å². The number of aliphatic hydroxyl groups excluding tert-OH is 1. The van der Waals surface area contributed by atoms with Crippen LogP contribution in [0.4, 0.5) is 0 Å². The molecule has 1 atom stereocenters. The lowest BCUT2D eigenvalue weighted by atomic mass is 10.0. The van der Waals surface area contributed by atoms with Crippen LogP contribution >= 0.6 is 0 Å². The number of benzene rings is 2. The number of ether oxygens (including phenoxy) is 1. The molecule has 2 nitrogen and oxygen atoms in total. The quantitative estimate of drug-likeness (QED) is 0.760. The van der Waals surface area contributed by atoms with Crippen LogP contribution in [0.5, 0.6) is 5.75 Å². The van der Waals surface area contributed by atoms with E-state index in [1.807, 2.05) is 60.7 Å². The van der Waals surface area contributed by atoms with Gasteiger partial charge in [0.2, 0.25) is 0 Å². The van der Waals surface area contributed by atoms with E-state index in [9.17, 15) is 5.11 Å². The van der Waals surface area contributed by atoms with Crippen molar-refractivity contribution in [2.75, 3.05) is 0 Å². The summed E-state index contributed by atoms with van der Waals surface area (Å²) in [5, 5.41) is 10.1. The molecule has 2 rings (SSSR count). The minimum absolute atomic E-state index is 0.465. The average molecular weight is 268 g/mol. The molecule has 0 radical (unpaired) electrons. The summed E-state index contributed by atoms with van der Waals surface area (Å²) in [5.74, 6) is 0.781. The normalized spacial score (nSPS) is 11.8. The summed E-state index contributed by atoms with van der Waals surface area (Å²) in [5.41, 5.74) is 2.02. The van der Waals surface area contributed by atoms with Crippen molar-refractivity contribution in [1.82, 2.24) is 0 Å². The van der Waals surface area contributed by atoms with Gasteiger partial charge in [0.1, 0.15) is 12.4 Å². The van der Waals surface area contributed by atoms with Crippen molar-refractivity contribution in [2.24, 2.45) is 0 Å². The van der Waals surface area contributed by atoms with E-state index in [4.69, 9.17) is 4.74 Å². The molecule has 0 aromatic heterocycles. The highest BCUT2D eigenvalue weighted by Crippen LogP contribution is 2.23. The number of aliphatic hydroxyl groups is 1. The second kappa shape index (κ2) is 7.51. The SMILES string of the molecule is C=CCCC(O)c1cccc(OCc2ccccc2)c1. The second-order valence-electron chi connectivity index (χ2n) is 4.73. The summed E-state index contributed by atoms with van der Waals surface area (Å²) in [6.07, 6.45) is 2.84. The lowest BCUT2D eigenvalue weighted by Crippen LogP contribution is -1.99. The molecule has 2 aromatic rings. The van der Waals surface area contributed by atoms with Gasteiger partial charge in [-0.1, -0.05) is 48.5 Å². The summed E-state index contributed by atoms with van der Waals surface area (Å²) in [6.45, 7) is 4.21. The van der Waals surface area contributed by atoms with Crippen LogP contribution in [0, 0.1) is 0 Å². The van der Waals surface area contributed by atoms with Gasteiger partial charge in [0, 0.05) is 0 Å². The zero-order valence-electron chi connectivity index (χ0n) is 11.5. The lowest BCUT2D eigenvalue weighted by molar-refractivity contribution is 0.168. The monoisotopic (exact) mass is 268 g/mol. The summed E-state index contributed by atoms with van der Waals surface area (Å²) in [4.78, 5) is 0. The highest BCUT2D eigenvalue weighted by molar-refractivity contribution is 5.30. The molecule has 20 heavy (non-hydrogen) atoms. The molecule has 0 saturated heterocycles. The van der Waals surface area contributed by atoms with Crippen molar-refractivity contribution >= 4 is 0 Å². The van der Waals surface area contributed by atoms with E-state index in [0.717, 1.165) is 23.3 Å². The van der Waals surface area contributed by atoms with E-state index in [2.05, 4.69) is 6.58 Å². The van der Waals surface area contributed by atoms with Crippen molar-refractivity contribution < 1.29 is 9.84 Å². The molecule has 0 amide bonds. The summed E-state index contributed by atoms with van der Waals surface area (Å²) < 4.78 is 5.76. The van der Waals surface area contributed by atoms with E-state index < -0.39 is 6.10 Å². The van der Waals surface area contributed by atoms with Gasteiger partial charge < -0.3 is 9.84 Å². The Kier molecular flexibility index (Phi) is 5.39. The Labute approximate surface area is 120 Å². The molecule has 104 valence electrons. The maximum Gasteiger partial charge on any atom is 0.120 e. The van der Waals surface area contributed by atoms with Gasteiger partial charge in [0.05, 0.1) is 6.10 Å². The van der Waals surface area contributed by atoms with E-state index in [1.54, 1.807) is 0 Å². The topological polar surface area (TPSA) is 29.5 Å². The van der Waals surface area contributed by atoms with Gasteiger partial charge in [-0.25, -0.2) is 0 Å². The van der Waals surface area contributed by atoms with Crippen LogP contribution in [0.15, 0.2) is 67.3 Å². The summed E-state index contributed by atoms with van der Waals surface area (Å²) in [7, 11) is 0. The van der Waals surface area contributed by atoms with Crippen LogP contribution < -0.4 is 4.74 Å². The summed E-state index contributed by atoms with van der Waals surface area (Å²) >= 11 is 0. The Balaban J connectivity index is 1.97. The van der Waals surface area contributed by atoms with Crippen LogP contribution in [0.25, 0.3) is 0 Å². The third-order valence-corrected chi connectivity index (χ3v) is 3.14. The minimum atomic E-state index is -0.465. The first kappa shape index (κ1) is 14.4. The first-order valence-electron chi connectivity index (χ1n) is 6.85. The van der Waals surface area contributed by atoms with E-state index in [0.29, 0.717) is 13.0 Å². The maximum absolute atomic E-state index is 10.1. The van der Waals surface area contributed by atoms with Crippen molar-refractivity contribution in [3.8, 4) is 5.75 Å². The van der Waals surface area contributed by atoms with E-state index >= 15 is 0 Å². The standard InChI is InChI=1S/C18H20O2/c1-2-3-12-18(19)16-10-7-11-17(13-16)20-14-15-8-5-4-6-9-15/h2,4-11,13,18-19H,1,3,12,14H2. The Hall–Kier alpha value is -2.06. The first-order chi connectivity index (χ1) is 9.79. The molecule has 0 bridgehead atoms. The van der Waals surface area contributed by atoms with Gasteiger partial charge in [-0.3, -0.25) is 0 Å². The predicted octanol–water partition coefficient (Wildman–Crippen LogP) is 4.27. The highest BCUT2D eigenvalue weighted by Gasteiger charge is 2.07. The molecule has 0 aliphatic heterocycles. The van der Waals surface area contributed by atoms with Crippen molar-refractivity contribution in [3.63, 3.8) is 0 Å². The van der Waals surface area contributed by atoms with Gasteiger partial charge in [0.25, 0.3) is 0 Å². The number of allylic oxidation sites excluding steroid dienone is 1. The summed E-state index contributed by atoms with van der Waals surface area (Å²) in [6, 6.07) is 17.7. The Morgan fingerprint density at radius 3 is 2.65 bits per heavy atom. The van der Waals surface area contributed by atoms with Crippen LogP contribution in [-0.2, 0) is 6.61 Å². The van der Waals surface area contributed by atoms with Gasteiger partial charge in [-0.05, 0) is 36.1 Å². The van der Waals surface area contributed by atoms with Crippen LogP contribution in [-0.4, -0.2) is 5.11 Å². The smallest absolute Gasteiger partial charge is 0.120 e. The molecule has 2 heteroatoms. The van der Waals surface area contributed by atoms with E-state index in [1.165, 1.54) is 0 Å². The molecule has 1 N–H and O–H groups in total. The lowest BCUT2D eigenvalue weighted by Gasteiger charge is -2.12. The Morgan fingerprint density at radius 2 is 1.90 bits per heavy atom. The number of hydrogen-bond acceptors (Lipinski definition) is 2. The van der Waals surface area contributed by atoms with Gasteiger partial charge in [0.15, 0.2) is 0 Å². The molecule has 2 aromatic carbocycles. The molecular formula is C18H20O2. The average Bonchev–Trinajstić information content (AvgIpc) is 2.52. The Morgan fingerprint density at radius 1 is 1.10 bits per heavy atom.